The molecule has 0 saturated carbocycles. The Labute approximate surface area is 239 Å². The maximum atomic E-state index is 6.40. The molecule has 2 aliphatic rings. The van der Waals surface area contributed by atoms with E-state index in [-0.39, 0.29) is 0 Å². The zero-order valence-electron chi connectivity index (χ0n) is 24.9. The van der Waals surface area contributed by atoms with Crippen molar-refractivity contribution in [2.45, 2.75) is 77.8 Å². The summed E-state index contributed by atoms with van der Waals surface area (Å²) in [6.45, 7) is 16.7. The largest absolute Gasteiger partial charge is 0.494 e. The minimum absolute atomic E-state index is 0.393. The second kappa shape index (κ2) is 9.32. The normalized spacial score (nSPS) is 20.8. The van der Waals surface area contributed by atoms with Gasteiger partial charge in [0.15, 0.2) is 0 Å². The molecule has 6 heteroatoms. The lowest BCUT2D eigenvalue weighted by atomic mass is 9.76. The molecule has 2 aliphatic heterocycles. The predicted octanol–water partition coefficient (Wildman–Crippen LogP) is 6.77. The molecule has 4 nitrogen and oxygen atoms in total. The van der Waals surface area contributed by atoms with E-state index in [2.05, 4.69) is 140 Å². The Hall–Kier alpha value is -2.89. The molecule has 0 radical (unpaired) electrons. The number of rotatable bonds is 4. The Kier molecular flexibility index (Phi) is 6.36. The van der Waals surface area contributed by atoms with Gasteiger partial charge in [-0.1, -0.05) is 84.9 Å². The molecule has 0 N–H and O–H groups in total. The fourth-order valence-electron chi connectivity index (χ4n) is 5.48. The van der Waals surface area contributed by atoms with E-state index in [1.807, 2.05) is 0 Å². The molecule has 0 spiro atoms. The maximum Gasteiger partial charge on any atom is 0.494 e. The van der Waals surface area contributed by atoms with Crippen LogP contribution in [0, 0.1) is 0 Å². The molecule has 6 rings (SSSR count). The summed E-state index contributed by atoms with van der Waals surface area (Å²) < 4.78 is 25.6. The van der Waals surface area contributed by atoms with Crippen molar-refractivity contribution in [1.29, 1.82) is 0 Å². The summed E-state index contributed by atoms with van der Waals surface area (Å²) in [4.78, 5) is 0. The molecule has 0 bridgehead atoms. The highest BCUT2D eigenvalue weighted by atomic mass is 16.7. The Morgan fingerprint density at radius 3 is 1.50 bits per heavy atom. The molecule has 0 aromatic heterocycles. The molecule has 0 unspecified atom stereocenters. The number of hydrogen-bond acceptors (Lipinski definition) is 4. The van der Waals surface area contributed by atoms with E-state index in [0.29, 0.717) is 0 Å². The molecular weight excluding hydrogens is 494 g/mol. The van der Waals surface area contributed by atoms with Crippen LogP contribution in [0.1, 0.15) is 55.4 Å². The van der Waals surface area contributed by atoms with Crippen LogP contribution in [0.2, 0.25) is 0 Å². The molecule has 0 amide bonds. The van der Waals surface area contributed by atoms with Gasteiger partial charge in [-0.25, -0.2) is 0 Å². The van der Waals surface area contributed by atoms with Crippen molar-refractivity contribution in [2.75, 3.05) is 0 Å². The Morgan fingerprint density at radius 2 is 0.950 bits per heavy atom. The lowest BCUT2D eigenvalue weighted by molar-refractivity contribution is 0.00578. The second-order valence-electron chi connectivity index (χ2n) is 13.1. The second-order valence-corrected chi connectivity index (χ2v) is 13.1. The van der Waals surface area contributed by atoms with Crippen molar-refractivity contribution in [2.24, 2.45) is 0 Å². The van der Waals surface area contributed by atoms with Crippen molar-refractivity contribution in [3.8, 4) is 22.3 Å². The fraction of sp³-hybridized carbons (Fsp3) is 0.353. The van der Waals surface area contributed by atoms with Gasteiger partial charge in [-0.15, -0.1) is 0 Å². The monoisotopic (exact) mass is 532 g/mol. The van der Waals surface area contributed by atoms with Gasteiger partial charge < -0.3 is 18.6 Å². The van der Waals surface area contributed by atoms with Crippen LogP contribution in [-0.2, 0) is 18.6 Å². The molecule has 2 saturated heterocycles. The summed E-state index contributed by atoms with van der Waals surface area (Å²) >= 11 is 0. The molecule has 40 heavy (non-hydrogen) atoms. The van der Waals surface area contributed by atoms with Gasteiger partial charge in [0.1, 0.15) is 0 Å². The predicted molar refractivity (Wildman–Crippen MR) is 166 cm³/mol. The van der Waals surface area contributed by atoms with Crippen molar-refractivity contribution >= 4 is 35.9 Å². The summed E-state index contributed by atoms with van der Waals surface area (Å²) in [6.07, 6.45) is 0. The number of hydrogen-bond donors (Lipinski definition) is 0. The third-order valence-corrected chi connectivity index (χ3v) is 9.35. The molecule has 4 aromatic rings. The molecule has 0 atom stereocenters. The average Bonchev–Trinajstić information content (AvgIpc) is 3.27. The van der Waals surface area contributed by atoms with Gasteiger partial charge >= 0.3 is 14.2 Å². The first-order valence-corrected chi connectivity index (χ1v) is 14.2. The van der Waals surface area contributed by atoms with Crippen LogP contribution in [-0.4, -0.2) is 36.6 Å². The molecule has 204 valence electrons. The van der Waals surface area contributed by atoms with Gasteiger partial charge in [0.2, 0.25) is 0 Å². The summed E-state index contributed by atoms with van der Waals surface area (Å²) in [5.41, 5.74) is 5.03. The van der Waals surface area contributed by atoms with Gasteiger partial charge in [-0.2, -0.15) is 0 Å². The van der Waals surface area contributed by atoms with Crippen molar-refractivity contribution in [3.05, 3.63) is 84.9 Å². The van der Waals surface area contributed by atoms with E-state index in [9.17, 15) is 0 Å². The summed E-state index contributed by atoms with van der Waals surface area (Å²) in [6, 6.07) is 30.1. The Morgan fingerprint density at radius 1 is 0.475 bits per heavy atom. The minimum atomic E-state index is -0.421. The van der Waals surface area contributed by atoms with Crippen LogP contribution < -0.4 is 10.9 Å². The van der Waals surface area contributed by atoms with Crippen molar-refractivity contribution in [3.63, 3.8) is 0 Å². The quantitative estimate of drug-likeness (QED) is 0.272. The topological polar surface area (TPSA) is 36.9 Å². The van der Waals surface area contributed by atoms with Gasteiger partial charge in [-0.05, 0) is 99.3 Å². The summed E-state index contributed by atoms with van der Waals surface area (Å²) in [7, 11) is -0.837. The van der Waals surface area contributed by atoms with Crippen LogP contribution in [0.25, 0.3) is 33.0 Å². The van der Waals surface area contributed by atoms with E-state index < -0.39 is 36.6 Å². The number of benzene rings is 4. The highest BCUT2D eigenvalue weighted by Crippen LogP contribution is 2.40. The summed E-state index contributed by atoms with van der Waals surface area (Å²) in [5.74, 6) is 0. The first-order valence-electron chi connectivity index (χ1n) is 14.2. The van der Waals surface area contributed by atoms with Crippen LogP contribution in [0.15, 0.2) is 84.9 Å². The van der Waals surface area contributed by atoms with E-state index in [4.69, 9.17) is 18.6 Å². The van der Waals surface area contributed by atoms with Gasteiger partial charge in [0, 0.05) is 0 Å². The Balaban J connectivity index is 1.46. The highest BCUT2D eigenvalue weighted by Gasteiger charge is 2.52. The lowest BCUT2D eigenvalue weighted by Crippen LogP contribution is -2.41. The number of fused-ring (bicyclic) bond motifs is 1. The standard InChI is InChI=1S/C34H38B2O4/c1-31(2)32(3,4)38-35(37-31)26-16-11-14-24(21-26)29-20-19-23-13-9-10-18-28(23)30(29)25-15-12-17-27(22-25)36-39-33(5,6)34(7,8)40-36/h9-22H,1-8H3. The van der Waals surface area contributed by atoms with E-state index in [1.54, 1.807) is 0 Å². The average molecular weight is 532 g/mol. The van der Waals surface area contributed by atoms with Crippen molar-refractivity contribution in [1.82, 2.24) is 0 Å². The lowest BCUT2D eigenvalue weighted by Gasteiger charge is -2.32. The molecule has 4 aromatic carbocycles. The zero-order valence-corrected chi connectivity index (χ0v) is 24.9. The molecular formula is C34H38B2O4. The van der Waals surface area contributed by atoms with Gasteiger partial charge in [0.05, 0.1) is 22.4 Å². The molecule has 2 fully saturated rings. The van der Waals surface area contributed by atoms with Crippen LogP contribution in [0.4, 0.5) is 0 Å². The fourth-order valence-corrected chi connectivity index (χ4v) is 5.48. The van der Waals surface area contributed by atoms with Gasteiger partial charge in [0.25, 0.3) is 0 Å². The SMILES string of the molecule is CC1(C)OB(c2cccc(-c3ccc4ccccc4c3-c3cccc(B4OC(C)(C)C(C)(C)O4)c3)c2)OC1(C)C. The molecule has 0 aliphatic carbocycles. The first-order chi connectivity index (χ1) is 18.8. The Bertz CT molecular complexity index is 1560. The van der Waals surface area contributed by atoms with E-state index >= 15 is 0 Å². The molecule has 2 heterocycles. The van der Waals surface area contributed by atoms with Crippen LogP contribution >= 0.6 is 0 Å². The van der Waals surface area contributed by atoms with E-state index in [0.717, 1.165) is 27.6 Å². The highest BCUT2D eigenvalue weighted by molar-refractivity contribution is 6.62. The maximum absolute atomic E-state index is 6.40. The summed E-state index contributed by atoms with van der Waals surface area (Å²) in [5, 5.41) is 2.40. The smallest absolute Gasteiger partial charge is 0.399 e. The third kappa shape index (κ3) is 4.52. The third-order valence-electron chi connectivity index (χ3n) is 9.35. The van der Waals surface area contributed by atoms with Gasteiger partial charge in [-0.3, -0.25) is 0 Å². The zero-order chi connectivity index (χ0) is 28.5. The van der Waals surface area contributed by atoms with Crippen molar-refractivity contribution < 1.29 is 18.6 Å². The van der Waals surface area contributed by atoms with E-state index in [1.165, 1.54) is 16.3 Å². The van der Waals surface area contributed by atoms with Crippen LogP contribution in [0.3, 0.4) is 0 Å². The minimum Gasteiger partial charge on any atom is -0.399 e. The van der Waals surface area contributed by atoms with Crippen LogP contribution in [0.5, 0.6) is 0 Å². The first kappa shape index (κ1) is 27.3.